The van der Waals surface area contributed by atoms with E-state index in [0.29, 0.717) is 28.6 Å². The second-order valence-electron chi connectivity index (χ2n) is 4.93. The maximum Gasteiger partial charge on any atom is 0.270 e. The standard InChI is InChI=1S/C16H12N4O3S/c21-10-12-9-13(20(22)23)6-7-14(12)24-16-17-15(18-19-16)8-11-4-2-1-3-5-11/h1-7,9-10H,8H2,(H,17,18,19). The van der Waals surface area contributed by atoms with Gasteiger partial charge in [0.2, 0.25) is 5.16 Å². The predicted molar refractivity (Wildman–Crippen MR) is 88.2 cm³/mol. The molecule has 3 rings (SSSR count). The van der Waals surface area contributed by atoms with Gasteiger partial charge in [0.25, 0.3) is 5.69 Å². The zero-order valence-electron chi connectivity index (χ0n) is 12.4. The fraction of sp³-hybridized carbons (Fsp3) is 0.0625. The van der Waals surface area contributed by atoms with Crippen LogP contribution in [0.25, 0.3) is 0 Å². The normalized spacial score (nSPS) is 10.5. The van der Waals surface area contributed by atoms with Crippen molar-refractivity contribution >= 4 is 23.7 Å². The lowest BCUT2D eigenvalue weighted by Gasteiger charge is -2.01. The number of nitrogens with zero attached hydrogens (tertiary/aromatic N) is 3. The van der Waals surface area contributed by atoms with Crippen molar-refractivity contribution in [3.05, 3.63) is 75.6 Å². The number of benzene rings is 2. The molecule has 1 heterocycles. The number of hydrogen-bond acceptors (Lipinski definition) is 6. The summed E-state index contributed by atoms with van der Waals surface area (Å²) in [6.07, 6.45) is 1.21. The van der Waals surface area contributed by atoms with Crippen molar-refractivity contribution < 1.29 is 9.72 Å². The third-order valence-corrected chi connectivity index (χ3v) is 4.21. The average Bonchev–Trinajstić information content (AvgIpc) is 3.03. The van der Waals surface area contributed by atoms with Crippen LogP contribution in [0.3, 0.4) is 0 Å². The molecule has 0 bridgehead atoms. The highest BCUT2D eigenvalue weighted by Crippen LogP contribution is 2.29. The Hall–Kier alpha value is -3.00. The molecule has 0 saturated heterocycles. The van der Waals surface area contributed by atoms with Crippen LogP contribution in [0.15, 0.2) is 58.6 Å². The van der Waals surface area contributed by atoms with Crippen molar-refractivity contribution in [1.29, 1.82) is 0 Å². The Morgan fingerprint density at radius 3 is 2.71 bits per heavy atom. The molecule has 1 aromatic heterocycles. The molecule has 0 amide bonds. The van der Waals surface area contributed by atoms with Gasteiger partial charge in [-0.3, -0.25) is 20.0 Å². The molecule has 0 aliphatic rings. The minimum absolute atomic E-state index is 0.124. The zero-order valence-corrected chi connectivity index (χ0v) is 13.2. The number of nitrogens with one attached hydrogen (secondary N) is 1. The molecule has 0 spiro atoms. The van der Waals surface area contributed by atoms with Crippen molar-refractivity contribution in [2.75, 3.05) is 0 Å². The van der Waals surface area contributed by atoms with E-state index in [2.05, 4.69) is 15.2 Å². The molecular formula is C16H12N4O3S. The summed E-state index contributed by atoms with van der Waals surface area (Å²) in [7, 11) is 0. The number of aromatic amines is 1. The molecule has 120 valence electrons. The SMILES string of the molecule is O=Cc1cc([N+](=O)[O-])ccc1Sc1n[nH]c(Cc2ccccc2)n1. The van der Waals surface area contributed by atoms with E-state index in [1.54, 1.807) is 0 Å². The minimum Gasteiger partial charge on any atom is -0.298 e. The third kappa shape index (κ3) is 3.66. The lowest BCUT2D eigenvalue weighted by Crippen LogP contribution is -1.92. The van der Waals surface area contributed by atoms with E-state index in [-0.39, 0.29) is 11.3 Å². The Kier molecular flexibility index (Phi) is 4.66. The van der Waals surface area contributed by atoms with Crippen LogP contribution < -0.4 is 0 Å². The average molecular weight is 340 g/mol. The highest BCUT2D eigenvalue weighted by Gasteiger charge is 2.13. The van der Waals surface area contributed by atoms with Gasteiger partial charge in [-0.1, -0.05) is 30.3 Å². The van der Waals surface area contributed by atoms with Gasteiger partial charge in [-0.15, -0.1) is 5.10 Å². The molecule has 0 aliphatic heterocycles. The minimum atomic E-state index is -0.536. The first-order valence-corrected chi connectivity index (χ1v) is 7.84. The number of non-ortho nitro benzene ring substituents is 1. The van der Waals surface area contributed by atoms with Gasteiger partial charge in [-0.25, -0.2) is 4.98 Å². The first-order valence-electron chi connectivity index (χ1n) is 7.02. The number of carbonyl (C=O) groups excluding carboxylic acids is 1. The van der Waals surface area contributed by atoms with Gasteiger partial charge in [0, 0.05) is 29.0 Å². The summed E-state index contributed by atoms with van der Waals surface area (Å²) in [6.45, 7) is 0. The van der Waals surface area contributed by atoms with Crippen LogP contribution in [-0.4, -0.2) is 26.4 Å². The monoisotopic (exact) mass is 340 g/mol. The summed E-state index contributed by atoms with van der Waals surface area (Å²) in [6, 6.07) is 14.0. The van der Waals surface area contributed by atoms with Gasteiger partial charge < -0.3 is 0 Å². The maximum absolute atomic E-state index is 11.2. The van der Waals surface area contributed by atoms with Crippen LogP contribution in [0.1, 0.15) is 21.7 Å². The second-order valence-corrected chi connectivity index (χ2v) is 5.94. The van der Waals surface area contributed by atoms with Crippen molar-refractivity contribution in [2.24, 2.45) is 0 Å². The van der Waals surface area contributed by atoms with Gasteiger partial charge in [-0.05, 0) is 23.4 Å². The summed E-state index contributed by atoms with van der Waals surface area (Å²) >= 11 is 1.18. The summed E-state index contributed by atoms with van der Waals surface area (Å²) in [5, 5.41) is 18.2. The first-order chi connectivity index (χ1) is 11.7. The lowest BCUT2D eigenvalue weighted by atomic mass is 10.1. The number of carbonyl (C=O) groups is 1. The number of hydrogen-bond donors (Lipinski definition) is 1. The second kappa shape index (κ2) is 7.05. The fourth-order valence-electron chi connectivity index (χ4n) is 2.12. The fourth-order valence-corrected chi connectivity index (χ4v) is 2.93. The van der Waals surface area contributed by atoms with Crippen LogP contribution in [0, 0.1) is 10.1 Å². The van der Waals surface area contributed by atoms with E-state index in [1.165, 1.54) is 30.0 Å². The van der Waals surface area contributed by atoms with Gasteiger partial charge in [0.05, 0.1) is 4.92 Å². The molecule has 3 aromatic rings. The highest BCUT2D eigenvalue weighted by molar-refractivity contribution is 7.99. The van der Waals surface area contributed by atoms with Gasteiger partial charge in [0.1, 0.15) is 5.82 Å². The molecule has 24 heavy (non-hydrogen) atoms. The highest BCUT2D eigenvalue weighted by atomic mass is 32.2. The number of H-pyrrole nitrogens is 1. The maximum atomic E-state index is 11.2. The summed E-state index contributed by atoms with van der Waals surface area (Å²) < 4.78 is 0. The molecule has 0 radical (unpaired) electrons. The Bertz CT molecular complexity index is 880. The first kappa shape index (κ1) is 15.9. The Morgan fingerprint density at radius 2 is 2.00 bits per heavy atom. The van der Waals surface area contributed by atoms with E-state index in [1.807, 2.05) is 30.3 Å². The van der Waals surface area contributed by atoms with Crippen LogP contribution in [0.4, 0.5) is 5.69 Å². The molecule has 0 fully saturated rings. The Labute approximate surface area is 141 Å². The number of aromatic nitrogens is 3. The summed E-state index contributed by atoms with van der Waals surface area (Å²) in [5.74, 6) is 0.707. The number of nitro benzene ring substituents is 1. The van der Waals surface area contributed by atoms with Gasteiger partial charge in [-0.2, -0.15) is 0 Å². The van der Waals surface area contributed by atoms with E-state index >= 15 is 0 Å². The van der Waals surface area contributed by atoms with Crippen molar-refractivity contribution in [3.8, 4) is 0 Å². The molecule has 8 heteroatoms. The van der Waals surface area contributed by atoms with Gasteiger partial charge >= 0.3 is 0 Å². The van der Waals surface area contributed by atoms with E-state index < -0.39 is 4.92 Å². The molecule has 0 saturated carbocycles. The Morgan fingerprint density at radius 1 is 1.21 bits per heavy atom. The van der Waals surface area contributed by atoms with Crippen LogP contribution >= 0.6 is 11.8 Å². The smallest absolute Gasteiger partial charge is 0.270 e. The number of aldehydes is 1. The molecule has 7 nitrogen and oxygen atoms in total. The van der Waals surface area contributed by atoms with Crippen LogP contribution in [0.5, 0.6) is 0 Å². The third-order valence-electron chi connectivity index (χ3n) is 3.26. The summed E-state index contributed by atoms with van der Waals surface area (Å²) in [5.41, 5.74) is 1.22. The number of nitro groups is 1. The van der Waals surface area contributed by atoms with Crippen molar-refractivity contribution in [1.82, 2.24) is 15.2 Å². The quantitative estimate of drug-likeness (QED) is 0.420. The Balaban J connectivity index is 1.77. The zero-order chi connectivity index (χ0) is 16.9. The molecular weight excluding hydrogens is 328 g/mol. The molecule has 1 N–H and O–H groups in total. The molecule has 2 aromatic carbocycles. The van der Waals surface area contributed by atoms with Gasteiger partial charge in [0.15, 0.2) is 6.29 Å². The van der Waals surface area contributed by atoms with E-state index in [0.717, 1.165) is 5.56 Å². The van der Waals surface area contributed by atoms with Crippen LogP contribution in [0.2, 0.25) is 0 Å². The lowest BCUT2D eigenvalue weighted by molar-refractivity contribution is -0.384. The van der Waals surface area contributed by atoms with Crippen molar-refractivity contribution in [3.63, 3.8) is 0 Å². The largest absolute Gasteiger partial charge is 0.298 e. The summed E-state index contributed by atoms with van der Waals surface area (Å²) in [4.78, 5) is 26.3. The number of rotatable bonds is 6. The van der Waals surface area contributed by atoms with E-state index in [4.69, 9.17) is 0 Å². The van der Waals surface area contributed by atoms with Crippen molar-refractivity contribution in [2.45, 2.75) is 16.5 Å². The van der Waals surface area contributed by atoms with Crippen LogP contribution in [-0.2, 0) is 6.42 Å². The van der Waals surface area contributed by atoms with E-state index in [9.17, 15) is 14.9 Å². The topological polar surface area (TPSA) is 102 Å². The molecule has 0 aliphatic carbocycles. The predicted octanol–water partition coefficient (Wildman–Crippen LogP) is 3.27. The molecule has 0 unspecified atom stereocenters. The molecule has 0 atom stereocenters.